The number of thiazole rings is 1. The molecule has 2 aromatic carbocycles. The van der Waals surface area contributed by atoms with Gasteiger partial charge in [-0.3, -0.25) is 4.79 Å². The van der Waals surface area contributed by atoms with Gasteiger partial charge in [0.25, 0.3) is 5.91 Å². The molecular weight excluding hydrogens is 368 g/mol. The zero-order valence-corrected chi connectivity index (χ0v) is 16.0. The van der Waals surface area contributed by atoms with E-state index in [0.717, 1.165) is 10.2 Å². The second kappa shape index (κ2) is 6.96. The molecule has 1 aromatic heterocycles. The molecule has 0 spiro atoms. The van der Waals surface area contributed by atoms with E-state index in [2.05, 4.69) is 4.99 Å². The highest BCUT2D eigenvalue weighted by molar-refractivity contribution is 7.16. The summed E-state index contributed by atoms with van der Waals surface area (Å²) in [7, 11) is 3.03. The number of rotatable bonds is 4. The highest BCUT2D eigenvalue weighted by Crippen LogP contribution is 2.37. The van der Waals surface area contributed by atoms with Gasteiger partial charge in [0.1, 0.15) is 17.1 Å². The Morgan fingerprint density at radius 1 is 1.19 bits per heavy atom. The van der Waals surface area contributed by atoms with E-state index in [1.165, 1.54) is 25.6 Å². The van der Waals surface area contributed by atoms with Crippen molar-refractivity contribution >= 4 is 27.5 Å². The maximum absolute atomic E-state index is 12.9. The van der Waals surface area contributed by atoms with E-state index in [-0.39, 0.29) is 6.79 Å². The number of ether oxygens (including phenoxy) is 4. The van der Waals surface area contributed by atoms with Crippen LogP contribution >= 0.6 is 11.3 Å². The quantitative estimate of drug-likeness (QED) is 0.689. The van der Waals surface area contributed by atoms with E-state index in [1.54, 1.807) is 18.2 Å². The second-order valence-corrected chi connectivity index (χ2v) is 6.77. The molecule has 0 radical (unpaired) electrons. The normalized spacial score (nSPS) is 13.2. The summed E-state index contributed by atoms with van der Waals surface area (Å²) in [5.74, 6) is 1.84. The van der Waals surface area contributed by atoms with Crippen LogP contribution in [0.1, 0.15) is 17.3 Å². The van der Waals surface area contributed by atoms with E-state index < -0.39 is 5.91 Å². The number of aryl methyl sites for hydroxylation is 1. The topological polar surface area (TPSA) is 71.3 Å². The Morgan fingerprint density at radius 2 is 1.85 bits per heavy atom. The van der Waals surface area contributed by atoms with Gasteiger partial charge in [-0.2, -0.15) is 4.99 Å². The van der Waals surface area contributed by atoms with Crippen molar-refractivity contribution in [3.8, 4) is 23.0 Å². The molecule has 2 heterocycles. The van der Waals surface area contributed by atoms with Crippen molar-refractivity contribution in [2.24, 2.45) is 4.99 Å². The molecule has 1 amide bonds. The van der Waals surface area contributed by atoms with Crippen molar-refractivity contribution < 1.29 is 23.7 Å². The van der Waals surface area contributed by atoms with Crippen LogP contribution in [0.4, 0.5) is 0 Å². The van der Waals surface area contributed by atoms with Gasteiger partial charge >= 0.3 is 0 Å². The van der Waals surface area contributed by atoms with Crippen LogP contribution in [0, 0.1) is 0 Å². The third kappa shape index (κ3) is 2.91. The molecule has 1 aliphatic rings. The minimum absolute atomic E-state index is 0.224. The van der Waals surface area contributed by atoms with Gasteiger partial charge in [0.15, 0.2) is 16.3 Å². The molecule has 0 N–H and O–H groups in total. The van der Waals surface area contributed by atoms with Crippen molar-refractivity contribution in [2.75, 3.05) is 21.0 Å². The maximum atomic E-state index is 12.9. The first-order chi connectivity index (χ1) is 13.2. The van der Waals surface area contributed by atoms with Gasteiger partial charge in [-0.1, -0.05) is 17.4 Å². The minimum atomic E-state index is -0.418. The number of carbonyl (C=O) groups excluding carboxylic acids is 1. The molecule has 0 saturated heterocycles. The van der Waals surface area contributed by atoms with Gasteiger partial charge in [-0.15, -0.1) is 0 Å². The predicted molar refractivity (Wildman–Crippen MR) is 101 cm³/mol. The van der Waals surface area contributed by atoms with E-state index in [4.69, 9.17) is 18.9 Å². The Morgan fingerprint density at radius 3 is 2.48 bits per heavy atom. The fraction of sp³-hybridized carbons (Fsp3) is 0.263. The number of nitrogens with zero attached hydrogens (tertiary/aromatic N) is 2. The number of amides is 1. The lowest BCUT2D eigenvalue weighted by Gasteiger charge is -2.09. The number of methoxy groups -OCH3 is 2. The molecule has 8 heteroatoms. The number of carbonyl (C=O) groups is 1. The number of hydrogen-bond acceptors (Lipinski definition) is 6. The third-order valence-corrected chi connectivity index (χ3v) is 5.37. The zero-order chi connectivity index (χ0) is 19.0. The predicted octanol–water partition coefficient (Wildman–Crippen LogP) is 3.21. The third-order valence-electron chi connectivity index (χ3n) is 4.33. The molecule has 140 valence electrons. The summed E-state index contributed by atoms with van der Waals surface area (Å²) < 4.78 is 24.5. The summed E-state index contributed by atoms with van der Waals surface area (Å²) >= 11 is 1.42. The minimum Gasteiger partial charge on any atom is -0.496 e. The number of aromatic nitrogens is 1. The van der Waals surface area contributed by atoms with E-state index in [0.29, 0.717) is 39.9 Å². The average Bonchev–Trinajstić information content (AvgIpc) is 3.27. The van der Waals surface area contributed by atoms with E-state index in [9.17, 15) is 4.79 Å². The first-order valence-corrected chi connectivity index (χ1v) is 9.21. The smallest absolute Gasteiger partial charge is 0.287 e. The highest BCUT2D eigenvalue weighted by Gasteiger charge is 2.20. The van der Waals surface area contributed by atoms with Gasteiger partial charge in [0.05, 0.1) is 24.4 Å². The van der Waals surface area contributed by atoms with Crippen molar-refractivity contribution in [1.82, 2.24) is 4.57 Å². The molecular formula is C19H18N2O5S. The molecule has 27 heavy (non-hydrogen) atoms. The van der Waals surface area contributed by atoms with Crippen molar-refractivity contribution in [1.29, 1.82) is 0 Å². The largest absolute Gasteiger partial charge is 0.496 e. The van der Waals surface area contributed by atoms with Gasteiger partial charge in [-0.25, -0.2) is 0 Å². The van der Waals surface area contributed by atoms with Crippen molar-refractivity contribution in [3.05, 3.63) is 40.7 Å². The van der Waals surface area contributed by atoms with Crippen LogP contribution in [-0.4, -0.2) is 31.5 Å². The Labute approximate surface area is 159 Å². The molecule has 0 aliphatic carbocycles. The molecule has 3 aromatic rings. The van der Waals surface area contributed by atoms with E-state index in [1.807, 2.05) is 23.6 Å². The van der Waals surface area contributed by atoms with Gasteiger partial charge < -0.3 is 23.5 Å². The monoisotopic (exact) mass is 386 g/mol. The van der Waals surface area contributed by atoms with Crippen LogP contribution in [0.15, 0.2) is 35.3 Å². The first-order valence-electron chi connectivity index (χ1n) is 8.39. The lowest BCUT2D eigenvalue weighted by molar-refractivity contribution is 0.0992. The van der Waals surface area contributed by atoms with Crippen molar-refractivity contribution in [3.63, 3.8) is 0 Å². The SMILES string of the molecule is CCn1c(=NC(=O)c2c(OC)cccc2OC)sc2cc3c(cc21)OCO3. The molecule has 4 rings (SSSR count). The van der Waals surface area contributed by atoms with Crippen LogP contribution in [0.3, 0.4) is 0 Å². The number of benzene rings is 2. The molecule has 1 aliphatic heterocycles. The highest BCUT2D eigenvalue weighted by atomic mass is 32.1. The summed E-state index contributed by atoms with van der Waals surface area (Å²) in [6, 6.07) is 9.03. The molecule has 0 unspecified atom stereocenters. The van der Waals surface area contributed by atoms with Crippen LogP contribution in [0.25, 0.3) is 10.2 Å². The van der Waals surface area contributed by atoms with Gasteiger partial charge in [-0.05, 0) is 19.1 Å². The zero-order valence-electron chi connectivity index (χ0n) is 15.1. The van der Waals surface area contributed by atoms with Crippen LogP contribution in [-0.2, 0) is 6.54 Å². The summed E-state index contributed by atoms with van der Waals surface area (Å²) in [5, 5.41) is 0. The lowest BCUT2D eigenvalue weighted by atomic mass is 10.1. The van der Waals surface area contributed by atoms with E-state index >= 15 is 0 Å². The maximum Gasteiger partial charge on any atom is 0.287 e. The Bertz CT molecular complexity index is 1080. The molecule has 0 saturated carbocycles. The summed E-state index contributed by atoms with van der Waals surface area (Å²) in [6.07, 6.45) is 0. The fourth-order valence-corrected chi connectivity index (χ4v) is 4.16. The second-order valence-electron chi connectivity index (χ2n) is 5.76. The molecule has 0 fully saturated rings. The summed E-state index contributed by atoms with van der Waals surface area (Å²) in [5.41, 5.74) is 1.25. The van der Waals surface area contributed by atoms with Crippen LogP contribution in [0.2, 0.25) is 0 Å². The molecule has 0 atom stereocenters. The number of fused-ring (bicyclic) bond motifs is 2. The fourth-order valence-electron chi connectivity index (χ4n) is 3.06. The molecule has 0 bridgehead atoms. The number of hydrogen-bond donors (Lipinski definition) is 0. The standard InChI is InChI=1S/C19H18N2O5S/c1-4-21-11-8-14-15(26-10-25-14)9-16(11)27-19(21)20-18(22)17-12(23-2)6-5-7-13(17)24-3/h5-9H,4,10H2,1-3H3. The van der Waals surface area contributed by atoms with Crippen LogP contribution < -0.4 is 23.7 Å². The Kier molecular flexibility index (Phi) is 4.49. The Hall–Kier alpha value is -3.00. The summed E-state index contributed by atoms with van der Waals surface area (Å²) in [6.45, 7) is 2.89. The lowest BCUT2D eigenvalue weighted by Crippen LogP contribution is -2.16. The summed E-state index contributed by atoms with van der Waals surface area (Å²) in [4.78, 5) is 17.9. The average molecular weight is 386 g/mol. The van der Waals surface area contributed by atoms with Crippen molar-refractivity contribution in [2.45, 2.75) is 13.5 Å². The van der Waals surface area contributed by atoms with Gasteiger partial charge in [0.2, 0.25) is 6.79 Å². The van der Waals surface area contributed by atoms with Gasteiger partial charge in [0, 0.05) is 18.7 Å². The molecule has 7 nitrogen and oxygen atoms in total. The Balaban J connectivity index is 1.87. The van der Waals surface area contributed by atoms with Crippen LogP contribution in [0.5, 0.6) is 23.0 Å². The first kappa shape index (κ1) is 17.4.